The van der Waals surface area contributed by atoms with Crippen LogP contribution in [0.5, 0.6) is 0 Å². The second kappa shape index (κ2) is 8.68. The molecule has 2 rings (SSSR count). The number of pyridine rings is 1. The number of aromatic nitrogens is 1. The third-order valence-corrected chi connectivity index (χ3v) is 4.07. The fourth-order valence-corrected chi connectivity index (χ4v) is 3.00. The lowest BCUT2D eigenvalue weighted by Crippen LogP contribution is -2.44. The Kier molecular flexibility index (Phi) is 6.89. The summed E-state index contributed by atoms with van der Waals surface area (Å²) in [5, 5.41) is 6.92. The van der Waals surface area contributed by atoms with Gasteiger partial charge < -0.3 is 10.6 Å². The zero-order valence-electron chi connectivity index (χ0n) is 13.3. The fourth-order valence-electron chi connectivity index (χ4n) is 2.55. The van der Waals surface area contributed by atoms with Crippen LogP contribution in [-0.4, -0.2) is 36.1 Å². The number of carbonyl (C=O) groups excluding carboxylic acids is 1. The van der Waals surface area contributed by atoms with Gasteiger partial charge in [-0.25, -0.2) is 10.4 Å². The van der Waals surface area contributed by atoms with Gasteiger partial charge in [-0.05, 0) is 24.8 Å². The molecule has 8 heteroatoms. The highest BCUT2D eigenvalue weighted by Crippen LogP contribution is 2.22. The van der Waals surface area contributed by atoms with Crippen LogP contribution >= 0.6 is 23.2 Å². The molecule has 4 N–H and O–H groups in total. The summed E-state index contributed by atoms with van der Waals surface area (Å²) in [5.74, 6) is 1.17. The van der Waals surface area contributed by atoms with Crippen molar-refractivity contribution in [2.45, 2.75) is 38.8 Å². The van der Waals surface area contributed by atoms with Crippen LogP contribution in [0.3, 0.4) is 0 Å². The minimum absolute atomic E-state index is 0.000665. The van der Waals surface area contributed by atoms with E-state index in [0.717, 1.165) is 12.8 Å². The van der Waals surface area contributed by atoms with Crippen molar-refractivity contribution >= 4 is 34.9 Å². The number of hydrogen-bond donors (Lipinski definition) is 4. The van der Waals surface area contributed by atoms with E-state index in [1.807, 2.05) is 0 Å². The molecule has 1 saturated heterocycles. The molecule has 2 atom stereocenters. The highest BCUT2D eigenvalue weighted by molar-refractivity contribution is 6.35. The molecule has 23 heavy (non-hydrogen) atoms. The molecule has 2 heterocycles. The summed E-state index contributed by atoms with van der Waals surface area (Å²) < 4.78 is 0. The molecule has 0 radical (unpaired) electrons. The van der Waals surface area contributed by atoms with E-state index in [9.17, 15) is 4.79 Å². The van der Waals surface area contributed by atoms with Gasteiger partial charge >= 0.3 is 0 Å². The van der Waals surface area contributed by atoms with E-state index in [1.54, 1.807) is 6.07 Å². The van der Waals surface area contributed by atoms with Gasteiger partial charge in [-0.1, -0.05) is 37.0 Å². The molecule has 0 bridgehead atoms. The Morgan fingerprint density at radius 1 is 1.39 bits per heavy atom. The van der Waals surface area contributed by atoms with Gasteiger partial charge in [0.05, 0.1) is 10.0 Å². The van der Waals surface area contributed by atoms with Gasteiger partial charge in [0.1, 0.15) is 11.9 Å². The first-order valence-corrected chi connectivity index (χ1v) is 8.55. The summed E-state index contributed by atoms with van der Waals surface area (Å²) >= 11 is 11.8. The SMILES string of the molecule is CC(C)CC1CC(C(=O)NCCNc2ncc(Cl)cc2Cl)NN1. The van der Waals surface area contributed by atoms with Crippen LogP contribution in [0.25, 0.3) is 0 Å². The molecular weight excluding hydrogens is 337 g/mol. The van der Waals surface area contributed by atoms with Crippen LogP contribution in [-0.2, 0) is 4.79 Å². The molecule has 1 aliphatic heterocycles. The quantitative estimate of drug-likeness (QED) is 0.561. The number of nitrogens with zero attached hydrogens (tertiary/aromatic N) is 1. The molecule has 2 unspecified atom stereocenters. The van der Waals surface area contributed by atoms with E-state index < -0.39 is 0 Å². The van der Waals surface area contributed by atoms with Crippen molar-refractivity contribution in [2.75, 3.05) is 18.4 Å². The maximum absolute atomic E-state index is 12.1. The monoisotopic (exact) mass is 359 g/mol. The van der Waals surface area contributed by atoms with Crippen molar-refractivity contribution in [3.8, 4) is 0 Å². The average Bonchev–Trinajstić information content (AvgIpc) is 2.93. The first-order valence-electron chi connectivity index (χ1n) is 7.79. The normalized spacial score (nSPS) is 20.7. The summed E-state index contributed by atoms with van der Waals surface area (Å²) in [6.07, 6.45) is 3.39. The minimum Gasteiger partial charge on any atom is -0.367 e. The van der Waals surface area contributed by atoms with Crippen molar-refractivity contribution in [1.82, 2.24) is 21.2 Å². The largest absolute Gasteiger partial charge is 0.367 e. The molecule has 1 aromatic heterocycles. The zero-order chi connectivity index (χ0) is 16.8. The molecule has 128 valence electrons. The lowest BCUT2D eigenvalue weighted by molar-refractivity contribution is -0.122. The van der Waals surface area contributed by atoms with E-state index in [-0.39, 0.29) is 11.9 Å². The predicted octanol–water partition coefficient (Wildman–Crippen LogP) is 2.20. The van der Waals surface area contributed by atoms with Gasteiger partial charge in [0.2, 0.25) is 5.91 Å². The smallest absolute Gasteiger partial charge is 0.238 e. The van der Waals surface area contributed by atoms with Crippen molar-refractivity contribution in [3.05, 3.63) is 22.3 Å². The van der Waals surface area contributed by atoms with Crippen LogP contribution in [0.4, 0.5) is 5.82 Å². The van der Waals surface area contributed by atoms with E-state index in [1.165, 1.54) is 6.20 Å². The van der Waals surface area contributed by atoms with E-state index in [4.69, 9.17) is 23.2 Å². The molecule has 0 aromatic carbocycles. The molecular formula is C15H23Cl2N5O. The lowest BCUT2D eigenvalue weighted by atomic mass is 10.00. The van der Waals surface area contributed by atoms with Gasteiger partial charge in [0.25, 0.3) is 0 Å². The molecule has 1 amide bonds. The van der Waals surface area contributed by atoms with Crippen LogP contribution in [0.15, 0.2) is 12.3 Å². The number of anilines is 1. The maximum atomic E-state index is 12.1. The minimum atomic E-state index is -0.184. The molecule has 0 saturated carbocycles. The Balaban J connectivity index is 1.67. The molecule has 6 nitrogen and oxygen atoms in total. The highest BCUT2D eigenvalue weighted by atomic mass is 35.5. The fraction of sp³-hybridized carbons (Fsp3) is 0.600. The van der Waals surface area contributed by atoms with E-state index in [2.05, 4.69) is 40.3 Å². The third-order valence-electron chi connectivity index (χ3n) is 3.58. The summed E-state index contributed by atoms with van der Waals surface area (Å²) in [5.41, 5.74) is 6.24. The van der Waals surface area contributed by atoms with Gasteiger partial charge in [0.15, 0.2) is 0 Å². The number of halogens is 2. The van der Waals surface area contributed by atoms with Crippen molar-refractivity contribution in [3.63, 3.8) is 0 Å². The van der Waals surface area contributed by atoms with Crippen LogP contribution in [0.1, 0.15) is 26.7 Å². The van der Waals surface area contributed by atoms with Crippen molar-refractivity contribution in [2.24, 2.45) is 5.92 Å². The van der Waals surface area contributed by atoms with Gasteiger partial charge in [-0.3, -0.25) is 10.2 Å². The number of hydrazine groups is 1. The Labute approximate surface area is 146 Å². The van der Waals surface area contributed by atoms with Gasteiger partial charge in [-0.15, -0.1) is 0 Å². The average molecular weight is 360 g/mol. The predicted molar refractivity (Wildman–Crippen MR) is 93.7 cm³/mol. The Morgan fingerprint density at radius 3 is 2.87 bits per heavy atom. The number of carbonyl (C=O) groups is 1. The Bertz CT molecular complexity index is 541. The van der Waals surface area contributed by atoms with Crippen LogP contribution in [0.2, 0.25) is 10.0 Å². The second-order valence-electron chi connectivity index (χ2n) is 6.11. The topological polar surface area (TPSA) is 78.1 Å². The van der Waals surface area contributed by atoms with E-state index in [0.29, 0.717) is 40.9 Å². The molecule has 1 aliphatic rings. The molecule has 1 aromatic rings. The number of amides is 1. The van der Waals surface area contributed by atoms with Gasteiger partial charge in [0, 0.05) is 25.3 Å². The first kappa shape index (κ1) is 18.3. The first-order chi connectivity index (χ1) is 11.0. The lowest BCUT2D eigenvalue weighted by Gasteiger charge is -2.12. The van der Waals surface area contributed by atoms with Crippen LogP contribution < -0.4 is 21.5 Å². The van der Waals surface area contributed by atoms with Crippen molar-refractivity contribution in [1.29, 1.82) is 0 Å². The Morgan fingerprint density at radius 2 is 2.17 bits per heavy atom. The van der Waals surface area contributed by atoms with Gasteiger partial charge in [-0.2, -0.15) is 0 Å². The standard InChI is InChI=1S/C15H23Cl2N5O/c1-9(2)5-11-7-13(22-21-11)15(23)19-4-3-18-14-12(17)6-10(16)8-20-14/h6,8-9,11,13,21-22H,3-5,7H2,1-2H3,(H,18,20)(H,19,23). The van der Waals surface area contributed by atoms with Crippen molar-refractivity contribution < 1.29 is 4.79 Å². The maximum Gasteiger partial charge on any atom is 0.238 e. The summed E-state index contributed by atoms with van der Waals surface area (Å²) in [4.78, 5) is 16.2. The summed E-state index contributed by atoms with van der Waals surface area (Å²) in [6.45, 7) is 5.38. The zero-order valence-corrected chi connectivity index (χ0v) is 14.8. The summed E-state index contributed by atoms with van der Waals surface area (Å²) in [7, 11) is 0. The second-order valence-corrected chi connectivity index (χ2v) is 6.95. The number of rotatable bonds is 7. The number of hydrogen-bond acceptors (Lipinski definition) is 5. The highest BCUT2D eigenvalue weighted by Gasteiger charge is 2.29. The number of nitrogens with one attached hydrogen (secondary N) is 4. The summed E-state index contributed by atoms with van der Waals surface area (Å²) in [6, 6.07) is 1.79. The van der Waals surface area contributed by atoms with Crippen LogP contribution in [0, 0.1) is 5.92 Å². The third kappa shape index (κ3) is 5.80. The molecule has 0 aliphatic carbocycles. The Hall–Kier alpha value is -1.08. The molecule has 0 spiro atoms. The molecule has 1 fully saturated rings. The van der Waals surface area contributed by atoms with E-state index >= 15 is 0 Å².